The maximum atomic E-state index is 13.1. The van der Waals surface area contributed by atoms with Crippen LogP contribution in [0.2, 0.25) is 5.02 Å². The summed E-state index contributed by atoms with van der Waals surface area (Å²) in [6.07, 6.45) is 3.63. The fraction of sp³-hybridized carbons (Fsp3) is 0.625. The van der Waals surface area contributed by atoms with Crippen LogP contribution in [0.5, 0.6) is 5.75 Å². The molecule has 1 aromatic carbocycles. The first-order chi connectivity index (χ1) is 10.6. The Morgan fingerprint density at radius 2 is 2.27 bits per heavy atom. The molecule has 1 unspecified atom stereocenters. The van der Waals surface area contributed by atoms with E-state index in [1.54, 1.807) is 0 Å². The van der Waals surface area contributed by atoms with Crippen molar-refractivity contribution in [2.75, 3.05) is 32.9 Å². The van der Waals surface area contributed by atoms with Gasteiger partial charge in [0.1, 0.15) is 23.8 Å². The number of β-amino-alcohol motifs (C(OH)–C–C–N with tert-alkyl or cyclic N) is 1. The summed E-state index contributed by atoms with van der Waals surface area (Å²) in [5, 5.41) is 10.8. The summed E-state index contributed by atoms with van der Waals surface area (Å²) >= 11 is 5.74. The maximum Gasteiger partial charge on any atom is 0.142 e. The topological polar surface area (TPSA) is 41.9 Å². The Morgan fingerprint density at radius 3 is 2.95 bits per heavy atom. The predicted octanol–water partition coefficient (Wildman–Crippen LogP) is 2.47. The van der Waals surface area contributed by atoms with Crippen molar-refractivity contribution in [3.05, 3.63) is 29.0 Å². The second-order valence-electron chi connectivity index (χ2n) is 6.20. The molecule has 1 N–H and O–H groups in total. The Labute approximate surface area is 134 Å². The molecular weight excluding hydrogens is 309 g/mol. The van der Waals surface area contributed by atoms with Crippen LogP contribution < -0.4 is 4.74 Å². The van der Waals surface area contributed by atoms with E-state index in [1.807, 2.05) is 0 Å². The minimum atomic E-state index is -1.06. The molecule has 2 aliphatic rings. The van der Waals surface area contributed by atoms with Gasteiger partial charge >= 0.3 is 0 Å². The zero-order chi connectivity index (χ0) is 15.6. The lowest BCUT2D eigenvalue weighted by Crippen LogP contribution is -2.52. The van der Waals surface area contributed by atoms with Gasteiger partial charge < -0.3 is 14.6 Å². The smallest absolute Gasteiger partial charge is 0.142 e. The van der Waals surface area contributed by atoms with E-state index in [-0.39, 0.29) is 18.2 Å². The third-order valence-corrected chi connectivity index (χ3v) is 4.67. The predicted molar refractivity (Wildman–Crippen MR) is 81.9 cm³/mol. The van der Waals surface area contributed by atoms with Crippen LogP contribution in [0.4, 0.5) is 4.39 Å². The van der Waals surface area contributed by atoms with Gasteiger partial charge in [0.2, 0.25) is 0 Å². The third-order valence-electron chi connectivity index (χ3n) is 4.38. The van der Waals surface area contributed by atoms with Crippen LogP contribution in [-0.2, 0) is 4.74 Å². The molecule has 1 saturated heterocycles. The molecule has 3 rings (SSSR count). The van der Waals surface area contributed by atoms with Crippen molar-refractivity contribution in [3.8, 4) is 5.75 Å². The molecule has 0 amide bonds. The van der Waals surface area contributed by atoms with Crippen molar-refractivity contribution in [1.29, 1.82) is 0 Å². The molecule has 0 bridgehead atoms. The summed E-state index contributed by atoms with van der Waals surface area (Å²) in [6.45, 7) is 2.34. The third kappa shape index (κ3) is 3.71. The van der Waals surface area contributed by atoms with Crippen molar-refractivity contribution in [3.63, 3.8) is 0 Å². The highest BCUT2D eigenvalue weighted by Gasteiger charge is 2.37. The Balaban J connectivity index is 1.62. The fourth-order valence-electron chi connectivity index (χ4n) is 2.88. The van der Waals surface area contributed by atoms with Gasteiger partial charge in [0.15, 0.2) is 0 Å². The molecule has 0 radical (unpaired) electrons. The Bertz CT molecular complexity index is 526. The monoisotopic (exact) mass is 329 g/mol. The minimum absolute atomic E-state index is 0.0118. The van der Waals surface area contributed by atoms with Gasteiger partial charge in [-0.05, 0) is 25.0 Å². The van der Waals surface area contributed by atoms with E-state index in [0.29, 0.717) is 24.9 Å². The molecule has 22 heavy (non-hydrogen) atoms. The average Bonchev–Trinajstić information content (AvgIpc) is 2.61. The van der Waals surface area contributed by atoms with Gasteiger partial charge in [-0.3, -0.25) is 4.90 Å². The van der Waals surface area contributed by atoms with E-state index in [0.717, 1.165) is 6.54 Å². The summed E-state index contributed by atoms with van der Waals surface area (Å²) in [5.74, 6) is -0.0408. The molecule has 1 heterocycles. The highest BCUT2D eigenvalue weighted by molar-refractivity contribution is 6.30. The highest BCUT2D eigenvalue weighted by atomic mass is 35.5. The van der Waals surface area contributed by atoms with Crippen LogP contribution in [0.3, 0.4) is 0 Å². The number of halogens is 2. The van der Waals surface area contributed by atoms with Gasteiger partial charge in [0.25, 0.3) is 0 Å². The summed E-state index contributed by atoms with van der Waals surface area (Å²) in [4.78, 5) is 2.29. The quantitative estimate of drug-likeness (QED) is 0.921. The first kappa shape index (κ1) is 16.0. The van der Waals surface area contributed by atoms with Gasteiger partial charge in [-0.1, -0.05) is 18.0 Å². The molecule has 1 aliphatic heterocycles. The number of hydrogen-bond donors (Lipinski definition) is 1. The lowest BCUT2D eigenvalue weighted by Gasteiger charge is -2.39. The van der Waals surface area contributed by atoms with E-state index in [4.69, 9.17) is 21.1 Å². The molecule has 6 heteroatoms. The average molecular weight is 330 g/mol. The molecular formula is C16H21ClFNO3. The van der Waals surface area contributed by atoms with Crippen LogP contribution in [0, 0.1) is 5.82 Å². The summed E-state index contributed by atoms with van der Waals surface area (Å²) < 4.78 is 24.3. The number of nitrogens with zero attached hydrogens (tertiary/aromatic N) is 1. The van der Waals surface area contributed by atoms with E-state index in [1.165, 1.54) is 37.5 Å². The molecule has 2 fully saturated rings. The van der Waals surface area contributed by atoms with E-state index >= 15 is 0 Å². The fourth-order valence-corrected chi connectivity index (χ4v) is 3.05. The van der Waals surface area contributed by atoms with Gasteiger partial charge in [0, 0.05) is 25.2 Å². The first-order valence-corrected chi connectivity index (χ1v) is 8.06. The van der Waals surface area contributed by atoms with Crippen LogP contribution >= 0.6 is 11.6 Å². The normalized spacial score (nSPS) is 27.2. The summed E-state index contributed by atoms with van der Waals surface area (Å²) in [5.41, 5.74) is -1.06. The van der Waals surface area contributed by atoms with Crippen molar-refractivity contribution in [1.82, 2.24) is 4.90 Å². The molecule has 122 valence electrons. The van der Waals surface area contributed by atoms with E-state index in [9.17, 15) is 9.50 Å². The number of rotatable bonds is 4. The Morgan fingerprint density at radius 1 is 1.45 bits per heavy atom. The van der Waals surface area contributed by atoms with Crippen LogP contribution in [0.25, 0.3) is 0 Å². The molecule has 1 atom stereocenters. The highest BCUT2D eigenvalue weighted by Crippen LogP contribution is 2.28. The Kier molecular flexibility index (Phi) is 4.88. The van der Waals surface area contributed by atoms with Crippen molar-refractivity contribution >= 4 is 11.6 Å². The van der Waals surface area contributed by atoms with E-state index in [2.05, 4.69) is 4.90 Å². The van der Waals surface area contributed by atoms with Crippen LogP contribution in [0.1, 0.15) is 19.3 Å². The largest absolute Gasteiger partial charge is 0.490 e. The lowest BCUT2D eigenvalue weighted by atomic mass is 9.90. The number of hydrogen-bond acceptors (Lipinski definition) is 4. The zero-order valence-electron chi connectivity index (χ0n) is 12.4. The van der Waals surface area contributed by atoms with Gasteiger partial charge in [-0.25, -0.2) is 4.39 Å². The minimum Gasteiger partial charge on any atom is -0.490 e. The molecule has 1 aliphatic carbocycles. The second-order valence-corrected chi connectivity index (χ2v) is 6.60. The zero-order valence-corrected chi connectivity index (χ0v) is 13.2. The van der Waals surface area contributed by atoms with Gasteiger partial charge in [-0.2, -0.15) is 0 Å². The van der Waals surface area contributed by atoms with Crippen LogP contribution in [-0.4, -0.2) is 54.6 Å². The molecule has 4 nitrogen and oxygen atoms in total. The number of ether oxygens (including phenoxy) is 2. The molecule has 0 aromatic heterocycles. The SMILES string of the molecule is OC1(COc2ccc(F)c(Cl)c2)COCCN(C2CCC2)C1. The van der Waals surface area contributed by atoms with Crippen molar-refractivity contribution in [2.24, 2.45) is 0 Å². The molecule has 1 aromatic rings. The maximum absolute atomic E-state index is 13.1. The number of benzene rings is 1. The standard InChI is InChI=1S/C16H21ClFNO3/c17-14-8-13(4-5-15(14)18)22-11-16(20)9-19(6-7-21-10-16)12-2-1-3-12/h4-5,8,12,20H,1-3,6-7,9-11H2. The Hall–Kier alpha value is -0.880. The number of aliphatic hydroxyl groups is 1. The van der Waals surface area contributed by atoms with Crippen molar-refractivity contribution < 1.29 is 19.0 Å². The van der Waals surface area contributed by atoms with Gasteiger partial charge in [0.05, 0.1) is 18.2 Å². The van der Waals surface area contributed by atoms with Crippen LogP contribution in [0.15, 0.2) is 18.2 Å². The van der Waals surface area contributed by atoms with Gasteiger partial charge in [-0.15, -0.1) is 0 Å². The lowest BCUT2D eigenvalue weighted by molar-refractivity contribution is -0.0698. The van der Waals surface area contributed by atoms with Crippen molar-refractivity contribution in [2.45, 2.75) is 30.9 Å². The molecule has 0 spiro atoms. The summed E-state index contributed by atoms with van der Waals surface area (Å²) in [6, 6.07) is 4.73. The van der Waals surface area contributed by atoms with E-state index < -0.39 is 11.4 Å². The first-order valence-electron chi connectivity index (χ1n) is 7.68. The molecule has 1 saturated carbocycles. The summed E-state index contributed by atoms with van der Waals surface area (Å²) in [7, 11) is 0. The second kappa shape index (κ2) is 6.71.